The van der Waals surface area contributed by atoms with Crippen LogP contribution in [0.4, 0.5) is 0 Å². The molecule has 0 rings (SSSR count). The van der Waals surface area contributed by atoms with Crippen LogP contribution in [0.3, 0.4) is 0 Å². The molecule has 0 aliphatic heterocycles. The fourth-order valence-electron chi connectivity index (χ4n) is 2.07. The third kappa shape index (κ3) is 16.9. The fraction of sp³-hybridized carbons (Fsp3) is 0.722. The maximum absolute atomic E-state index is 10.3. The Morgan fingerprint density at radius 3 is 1.80 bits per heavy atom. The van der Waals surface area contributed by atoms with Crippen LogP contribution < -0.4 is 0 Å². The van der Waals surface area contributed by atoms with Gasteiger partial charge in [0.15, 0.2) is 0 Å². The van der Waals surface area contributed by atoms with Crippen molar-refractivity contribution in [3.8, 4) is 0 Å². The molecule has 0 bridgehead atoms. The van der Waals surface area contributed by atoms with E-state index < -0.39 is 5.97 Å². The van der Waals surface area contributed by atoms with Crippen LogP contribution in [0.15, 0.2) is 24.3 Å². The molecular formula is C18H32O2. The van der Waals surface area contributed by atoms with Crippen LogP contribution in [0, 0.1) is 0 Å². The summed E-state index contributed by atoms with van der Waals surface area (Å²) in [6.45, 7) is 2.24. The van der Waals surface area contributed by atoms with E-state index in [1.165, 1.54) is 32.1 Å². The molecule has 20 heavy (non-hydrogen) atoms. The van der Waals surface area contributed by atoms with E-state index in [-0.39, 0.29) is 0 Å². The molecule has 116 valence electrons. The van der Waals surface area contributed by atoms with Crippen LogP contribution >= 0.6 is 0 Å². The molecule has 1 N–H and O–H groups in total. The van der Waals surface area contributed by atoms with Crippen LogP contribution in [-0.4, -0.2) is 11.1 Å². The maximum Gasteiger partial charge on any atom is 0.303 e. The van der Waals surface area contributed by atoms with Crippen LogP contribution in [0.2, 0.25) is 0 Å². The highest BCUT2D eigenvalue weighted by molar-refractivity contribution is 5.66. The van der Waals surface area contributed by atoms with E-state index in [1.807, 2.05) is 0 Å². The summed E-state index contributed by atoms with van der Waals surface area (Å²) in [7, 11) is 0. The number of aliphatic carboxylic acids is 1. The number of hydrogen-bond donors (Lipinski definition) is 1. The third-order valence-corrected chi connectivity index (χ3v) is 3.32. The Hall–Kier alpha value is -1.05. The summed E-state index contributed by atoms with van der Waals surface area (Å²) >= 11 is 0. The van der Waals surface area contributed by atoms with Gasteiger partial charge >= 0.3 is 5.97 Å². The average molecular weight is 280 g/mol. The average Bonchev–Trinajstić information content (AvgIpc) is 2.43. The molecule has 0 aromatic carbocycles. The van der Waals surface area contributed by atoms with Crippen molar-refractivity contribution in [1.29, 1.82) is 0 Å². The lowest BCUT2D eigenvalue weighted by atomic mass is 10.1. The SMILES string of the molecule is CCCCC/C=C/CC/C=C/CCCCCCC(=O)O. The first-order valence-electron chi connectivity index (χ1n) is 8.29. The van der Waals surface area contributed by atoms with Gasteiger partial charge in [0.25, 0.3) is 0 Å². The van der Waals surface area contributed by atoms with Crippen molar-refractivity contribution in [3.63, 3.8) is 0 Å². The molecule has 2 nitrogen and oxygen atoms in total. The summed E-state index contributed by atoms with van der Waals surface area (Å²) in [4.78, 5) is 10.3. The minimum Gasteiger partial charge on any atom is -0.481 e. The third-order valence-electron chi connectivity index (χ3n) is 3.32. The molecule has 0 radical (unpaired) electrons. The lowest BCUT2D eigenvalue weighted by Gasteiger charge is -1.96. The van der Waals surface area contributed by atoms with Crippen LogP contribution in [0.5, 0.6) is 0 Å². The predicted octanol–water partition coefficient (Wildman–Crippen LogP) is 5.88. The van der Waals surface area contributed by atoms with Crippen molar-refractivity contribution < 1.29 is 9.90 Å². The molecule has 0 unspecified atom stereocenters. The Labute approximate surface area is 125 Å². The van der Waals surface area contributed by atoms with Gasteiger partial charge in [0.1, 0.15) is 0 Å². The largest absolute Gasteiger partial charge is 0.481 e. The number of carboxylic acid groups (broad SMARTS) is 1. The highest BCUT2D eigenvalue weighted by Crippen LogP contribution is 2.06. The van der Waals surface area contributed by atoms with Gasteiger partial charge in [-0.3, -0.25) is 4.79 Å². The zero-order valence-electron chi connectivity index (χ0n) is 13.2. The second-order valence-electron chi connectivity index (χ2n) is 5.36. The highest BCUT2D eigenvalue weighted by Gasteiger charge is 1.95. The lowest BCUT2D eigenvalue weighted by Crippen LogP contribution is -1.93. The number of allylic oxidation sites excluding steroid dienone is 4. The zero-order chi connectivity index (χ0) is 14.9. The van der Waals surface area contributed by atoms with Gasteiger partial charge in [-0.05, 0) is 44.9 Å². The monoisotopic (exact) mass is 280 g/mol. The topological polar surface area (TPSA) is 37.3 Å². The van der Waals surface area contributed by atoms with Gasteiger partial charge in [-0.15, -0.1) is 0 Å². The molecule has 0 spiro atoms. The van der Waals surface area contributed by atoms with Crippen molar-refractivity contribution >= 4 is 5.97 Å². The molecule has 0 saturated carbocycles. The standard InChI is InChI=1S/C18H32O2/c1-2-3-4-5-6-7-8-9-10-11-12-13-14-15-16-17-18(19)20/h6-7,10-11H,2-5,8-9,12-17H2,1H3,(H,19,20)/b7-6+,11-10+. The Morgan fingerprint density at radius 2 is 1.25 bits per heavy atom. The van der Waals surface area contributed by atoms with Crippen LogP contribution in [0.25, 0.3) is 0 Å². The normalized spacial score (nSPS) is 11.7. The van der Waals surface area contributed by atoms with Crippen LogP contribution in [0.1, 0.15) is 84.0 Å². The van der Waals surface area contributed by atoms with Gasteiger partial charge in [-0.2, -0.15) is 0 Å². The quantitative estimate of drug-likeness (QED) is 0.318. The fourth-order valence-corrected chi connectivity index (χ4v) is 2.07. The van der Waals surface area contributed by atoms with Crippen molar-refractivity contribution in [2.75, 3.05) is 0 Å². The molecule has 0 amide bonds. The van der Waals surface area contributed by atoms with E-state index >= 15 is 0 Å². The minimum atomic E-state index is -0.673. The van der Waals surface area contributed by atoms with Gasteiger partial charge in [-0.1, -0.05) is 56.9 Å². The van der Waals surface area contributed by atoms with Gasteiger partial charge in [0.05, 0.1) is 0 Å². The van der Waals surface area contributed by atoms with Gasteiger partial charge in [-0.25, -0.2) is 0 Å². The maximum atomic E-state index is 10.3. The Kier molecular flexibility index (Phi) is 15.2. The first-order valence-corrected chi connectivity index (χ1v) is 8.29. The summed E-state index contributed by atoms with van der Waals surface area (Å²) < 4.78 is 0. The Bertz CT molecular complexity index is 267. The molecule has 0 saturated heterocycles. The van der Waals surface area contributed by atoms with E-state index in [0.717, 1.165) is 38.5 Å². The van der Waals surface area contributed by atoms with Crippen molar-refractivity contribution in [2.24, 2.45) is 0 Å². The number of carboxylic acids is 1. The van der Waals surface area contributed by atoms with E-state index in [2.05, 4.69) is 31.2 Å². The molecule has 2 heteroatoms. The van der Waals surface area contributed by atoms with Crippen LogP contribution in [-0.2, 0) is 4.79 Å². The predicted molar refractivity (Wildman–Crippen MR) is 87.0 cm³/mol. The zero-order valence-corrected chi connectivity index (χ0v) is 13.2. The van der Waals surface area contributed by atoms with Crippen molar-refractivity contribution in [1.82, 2.24) is 0 Å². The molecule has 0 aliphatic rings. The molecule has 0 heterocycles. The molecule has 0 aromatic heterocycles. The van der Waals surface area contributed by atoms with E-state index in [4.69, 9.17) is 5.11 Å². The van der Waals surface area contributed by atoms with E-state index in [9.17, 15) is 4.79 Å². The summed E-state index contributed by atoms with van der Waals surface area (Å²) in [6, 6.07) is 0. The van der Waals surface area contributed by atoms with Gasteiger partial charge < -0.3 is 5.11 Å². The number of unbranched alkanes of at least 4 members (excludes halogenated alkanes) is 8. The first-order chi connectivity index (χ1) is 9.77. The highest BCUT2D eigenvalue weighted by atomic mass is 16.4. The number of hydrogen-bond acceptors (Lipinski definition) is 1. The second kappa shape index (κ2) is 16.0. The van der Waals surface area contributed by atoms with Gasteiger partial charge in [0.2, 0.25) is 0 Å². The van der Waals surface area contributed by atoms with Crippen molar-refractivity contribution in [3.05, 3.63) is 24.3 Å². The molecule has 0 fully saturated rings. The number of rotatable bonds is 14. The first kappa shape index (κ1) is 18.9. The van der Waals surface area contributed by atoms with E-state index in [1.54, 1.807) is 0 Å². The summed E-state index contributed by atoms with van der Waals surface area (Å²) in [6.07, 6.45) is 22.3. The summed E-state index contributed by atoms with van der Waals surface area (Å²) in [5.74, 6) is -0.673. The number of carbonyl (C=O) groups is 1. The summed E-state index contributed by atoms with van der Waals surface area (Å²) in [5.41, 5.74) is 0. The van der Waals surface area contributed by atoms with Crippen molar-refractivity contribution in [2.45, 2.75) is 84.0 Å². The smallest absolute Gasteiger partial charge is 0.303 e. The Balaban J connectivity index is 3.18. The molecular weight excluding hydrogens is 248 g/mol. The van der Waals surface area contributed by atoms with E-state index in [0.29, 0.717) is 6.42 Å². The lowest BCUT2D eigenvalue weighted by molar-refractivity contribution is -0.137. The Morgan fingerprint density at radius 1 is 0.750 bits per heavy atom. The van der Waals surface area contributed by atoms with Gasteiger partial charge in [0, 0.05) is 6.42 Å². The summed E-state index contributed by atoms with van der Waals surface area (Å²) in [5, 5.41) is 8.50. The second-order valence-corrected chi connectivity index (χ2v) is 5.36. The molecule has 0 aromatic rings. The molecule has 0 aliphatic carbocycles. The molecule has 0 atom stereocenters. The minimum absolute atomic E-state index is 0.320.